The van der Waals surface area contributed by atoms with Crippen molar-refractivity contribution in [3.05, 3.63) is 54.2 Å². The Labute approximate surface area is 234 Å². The minimum absolute atomic E-state index is 0.155. The number of nitrogens with zero attached hydrogens (tertiary/aromatic N) is 5. The molecular formula is C28H32N6O5S. The number of anilines is 3. The monoisotopic (exact) mass is 564 g/mol. The van der Waals surface area contributed by atoms with Crippen LogP contribution in [0.1, 0.15) is 18.4 Å². The molecule has 0 unspecified atom stereocenters. The third-order valence-corrected chi connectivity index (χ3v) is 8.31. The Morgan fingerprint density at radius 3 is 2.52 bits per heavy atom. The smallest absolute Gasteiger partial charge is 0.227 e. The fraction of sp³-hybridized carbons (Fsp3) is 0.393. The van der Waals surface area contributed by atoms with Crippen LogP contribution >= 0.6 is 0 Å². The van der Waals surface area contributed by atoms with Crippen LogP contribution in [0.15, 0.2) is 48.7 Å². The number of sulfonamides is 1. The summed E-state index contributed by atoms with van der Waals surface area (Å²) in [6.07, 6.45) is 3.86. The lowest BCUT2D eigenvalue weighted by atomic mass is 10.1. The second-order valence-electron chi connectivity index (χ2n) is 9.68. The summed E-state index contributed by atoms with van der Waals surface area (Å²) in [7, 11) is -1.56. The maximum atomic E-state index is 11.8. The number of rotatable bonds is 8. The fourth-order valence-corrected chi connectivity index (χ4v) is 5.74. The predicted octanol–water partition coefficient (Wildman–Crippen LogP) is 3.41. The molecule has 1 aromatic heterocycles. The first kappa shape index (κ1) is 27.6. The van der Waals surface area contributed by atoms with Crippen LogP contribution in [0.25, 0.3) is 11.3 Å². The van der Waals surface area contributed by atoms with Gasteiger partial charge in [-0.05, 0) is 49.2 Å². The van der Waals surface area contributed by atoms with Crippen LogP contribution in [0, 0.1) is 11.3 Å². The normalized spacial score (nSPS) is 16.8. The topological polar surface area (TPSA) is 130 Å². The van der Waals surface area contributed by atoms with Gasteiger partial charge in [-0.1, -0.05) is 0 Å². The van der Waals surface area contributed by atoms with Gasteiger partial charge in [-0.2, -0.15) is 5.26 Å². The van der Waals surface area contributed by atoms with Gasteiger partial charge >= 0.3 is 0 Å². The second-order valence-corrected chi connectivity index (χ2v) is 11.7. The van der Waals surface area contributed by atoms with Gasteiger partial charge in [0, 0.05) is 49.7 Å². The number of morpholine rings is 1. The Bertz CT molecular complexity index is 1500. The first-order valence-electron chi connectivity index (χ1n) is 13.1. The summed E-state index contributed by atoms with van der Waals surface area (Å²) in [5.41, 5.74) is 3.59. The van der Waals surface area contributed by atoms with Crippen LogP contribution < -0.4 is 19.7 Å². The predicted molar refractivity (Wildman–Crippen MR) is 152 cm³/mol. The molecule has 2 aliphatic rings. The third-order valence-electron chi connectivity index (χ3n) is 7.00. The van der Waals surface area contributed by atoms with Crippen molar-refractivity contribution in [2.75, 3.05) is 63.0 Å². The van der Waals surface area contributed by atoms with Crippen molar-refractivity contribution in [3.8, 4) is 28.8 Å². The lowest BCUT2D eigenvalue weighted by Gasteiger charge is -2.30. The van der Waals surface area contributed by atoms with Gasteiger partial charge in [-0.15, -0.1) is 0 Å². The molecule has 2 aliphatic heterocycles. The summed E-state index contributed by atoms with van der Waals surface area (Å²) in [5, 5.41) is 13.0. The highest BCUT2D eigenvalue weighted by Crippen LogP contribution is 2.33. The molecule has 2 aromatic carbocycles. The molecule has 0 radical (unpaired) electrons. The molecule has 2 fully saturated rings. The van der Waals surface area contributed by atoms with Crippen molar-refractivity contribution in [2.24, 2.45) is 0 Å². The molecular weight excluding hydrogens is 532 g/mol. The molecule has 210 valence electrons. The molecule has 0 saturated carbocycles. The summed E-state index contributed by atoms with van der Waals surface area (Å²) < 4.78 is 42.2. The molecule has 5 rings (SSSR count). The first-order valence-corrected chi connectivity index (χ1v) is 15.0. The van der Waals surface area contributed by atoms with Gasteiger partial charge in [-0.25, -0.2) is 22.7 Å². The molecule has 3 heterocycles. The van der Waals surface area contributed by atoms with Crippen LogP contribution in [0.2, 0.25) is 0 Å². The van der Waals surface area contributed by atoms with Gasteiger partial charge in [0.1, 0.15) is 23.7 Å². The molecule has 0 spiro atoms. The molecule has 0 atom stereocenters. The zero-order chi connectivity index (χ0) is 28.1. The van der Waals surface area contributed by atoms with E-state index in [9.17, 15) is 13.7 Å². The molecule has 1 N–H and O–H groups in total. The number of aromatic nitrogens is 2. The van der Waals surface area contributed by atoms with Crippen molar-refractivity contribution in [2.45, 2.75) is 18.9 Å². The van der Waals surface area contributed by atoms with Gasteiger partial charge < -0.3 is 24.4 Å². The average molecular weight is 565 g/mol. The van der Waals surface area contributed by atoms with E-state index in [1.807, 2.05) is 24.3 Å². The van der Waals surface area contributed by atoms with Crippen molar-refractivity contribution in [1.29, 1.82) is 5.26 Å². The maximum Gasteiger partial charge on any atom is 0.227 e. The van der Waals surface area contributed by atoms with Crippen molar-refractivity contribution < 1.29 is 22.6 Å². The van der Waals surface area contributed by atoms with Crippen LogP contribution in [-0.2, 0) is 14.8 Å². The molecule has 3 aromatic rings. The first-order chi connectivity index (χ1) is 19.3. The fourth-order valence-electron chi connectivity index (χ4n) is 4.87. The maximum absolute atomic E-state index is 11.8. The van der Waals surface area contributed by atoms with Crippen LogP contribution in [0.3, 0.4) is 0 Å². The summed E-state index contributed by atoms with van der Waals surface area (Å²) in [4.78, 5) is 11.3. The molecule has 40 heavy (non-hydrogen) atoms. The van der Waals surface area contributed by atoms with Crippen molar-refractivity contribution in [1.82, 2.24) is 14.3 Å². The number of nitrogens with one attached hydrogen (secondary N) is 1. The molecule has 0 amide bonds. The summed E-state index contributed by atoms with van der Waals surface area (Å²) in [5.74, 6) is 1.64. The number of nitriles is 1. The van der Waals surface area contributed by atoms with Crippen LogP contribution in [-0.4, -0.2) is 81.6 Å². The van der Waals surface area contributed by atoms with E-state index in [-0.39, 0.29) is 6.10 Å². The Morgan fingerprint density at radius 2 is 1.82 bits per heavy atom. The Hall–Kier alpha value is -3.92. The van der Waals surface area contributed by atoms with E-state index in [1.165, 1.54) is 10.6 Å². The number of piperidine rings is 1. The Balaban J connectivity index is 1.29. The molecule has 12 heteroatoms. The number of hydrogen-bond donors (Lipinski definition) is 1. The van der Waals surface area contributed by atoms with Gasteiger partial charge in [0.05, 0.1) is 43.5 Å². The Kier molecular flexibility index (Phi) is 8.35. The minimum atomic E-state index is -3.21. The van der Waals surface area contributed by atoms with E-state index in [0.717, 1.165) is 35.8 Å². The number of benzene rings is 2. The lowest BCUT2D eigenvalue weighted by molar-refractivity contribution is 0.122. The number of methoxy groups -OCH3 is 1. The van der Waals surface area contributed by atoms with Gasteiger partial charge in [0.25, 0.3) is 0 Å². The summed E-state index contributed by atoms with van der Waals surface area (Å²) >= 11 is 0. The van der Waals surface area contributed by atoms with Gasteiger partial charge in [-0.3, -0.25) is 0 Å². The SMILES string of the molecule is COc1cc(Nc2nccc(-c3ccc(OC4CCN(S(C)(=O)=O)CC4)c(C#N)c3)n2)ccc1N1CCOCC1. The van der Waals surface area contributed by atoms with E-state index >= 15 is 0 Å². The van der Waals surface area contributed by atoms with Gasteiger partial charge in [0.15, 0.2) is 0 Å². The van der Waals surface area contributed by atoms with Gasteiger partial charge in [0.2, 0.25) is 16.0 Å². The van der Waals surface area contributed by atoms with E-state index in [4.69, 9.17) is 14.2 Å². The molecule has 0 aliphatic carbocycles. The lowest BCUT2D eigenvalue weighted by Crippen LogP contribution is -2.41. The molecule has 0 bridgehead atoms. The summed E-state index contributed by atoms with van der Waals surface area (Å²) in [6, 6.07) is 15.3. The Morgan fingerprint density at radius 1 is 1.05 bits per heavy atom. The van der Waals surface area contributed by atoms with Crippen LogP contribution in [0.4, 0.5) is 17.3 Å². The largest absolute Gasteiger partial charge is 0.495 e. The highest BCUT2D eigenvalue weighted by Gasteiger charge is 2.26. The minimum Gasteiger partial charge on any atom is -0.495 e. The standard InChI is InChI=1S/C28H32N6O5S/c1-37-27-18-22(4-5-25(27)33-13-15-38-16-14-33)31-28-30-10-7-24(32-28)20-3-6-26(21(17-20)19-29)39-23-8-11-34(12-9-23)40(2,35)36/h3-7,10,17-18,23H,8-9,11-16H2,1-2H3,(H,30,31,32). The molecule has 11 nitrogen and oxygen atoms in total. The highest BCUT2D eigenvalue weighted by atomic mass is 32.2. The summed E-state index contributed by atoms with van der Waals surface area (Å²) in [6.45, 7) is 3.81. The quantitative estimate of drug-likeness (QED) is 0.434. The average Bonchev–Trinajstić information content (AvgIpc) is 2.97. The molecule has 2 saturated heterocycles. The van der Waals surface area contributed by atoms with E-state index in [1.54, 1.807) is 31.5 Å². The number of hydrogen-bond acceptors (Lipinski definition) is 10. The zero-order valence-corrected chi connectivity index (χ0v) is 23.4. The van der Waals surface area contributed by atoms with E-state index in [2.05, 4.69) is 26.3 Å². The third kappa shape index (κ3) is 6.44. The van der Waals surface area contributed by atoms with Crippen LogP contribution in [0.5, 0.6) is 11.5 Å². The van der Waals surface area contributed by atoms with E-state index < -0.39 is 10.0 Å². The van der Waals surface area contributed by atoms with Crippen molar-refractivity contribution in [3.63, 3.8) is 0 Å². The zero-order valence-electron chi connectivity index (χ0n) is 22.5. The van der Waals surface area contributed by atoms with E-state index in [0.29, 0.717) is 62.1 Å². The highest BCUT2D eigenvalue weighted by molar-refractivity contribution is 7.88. The number of ether oxygens (including phenoxy) is 3. The second kappa shape index (κ2) is 12.1. The van der Waals surface area contributed by atoms with Crippen molar-refractivity contribution >= 4 is 27.3 Å².